The molecule has 3 rings (SSSR count). The molecule has 0 saturated carbocycles. The Morgan fingerprint density at radius 2 is 1.20 bits per heavy atom. The van der Waals surface area contributed by atoms with Crippen LogP contribution in [0.2, 0.25) is 0 Å². The highest BCUT2D eigenvalue weighted by Crippen LogP contribution is 2.32. The van der Waals surface area contributed by atoms with Crippen molar-refractivity contribution in [3.8, 4) is 0 Å². The Kier molecular flexibility index (Phi) is 21.1. The molecular formula is C37H58N4O14. The SMILES string of the molecule is CN(CCOCCOCCOCCOCCOCCOCCOCCOCCNc1cccc2c1C(=O)N(C1CCC(=O)NC1=O)C2=O)C(=O)OC(C)(C)C. The van der Waals surface area contributed by atoms with Crippen LogP contribution in [0, 0.1) is 0 Å². The number of rotatable bonds is 29. The summed E-state index contributed by atoms with van der Waals surface area (Å²) >= 11 is 0. The average molecular weight is 783 g/mol. The van der Waals surface area contributed by atoms with Gasteiger partial charge in [0.1, 0.15) is 11.6 Å². The lowest BCUT2D eigenvalue weighted by atomic mass is 10.0. The van der Waals surface area contributed by atoms with Gasteiger partial charge in [0.15, 0.2) is 0 Å². The first-order chi connectivity index (χ1) is 26.5. The van der Waals surface area contributed by atoms with Crippen molar-refractivity contribution < 1.29 is 66.6 Å². The van der Waals surface area contributed by atoms with Crippen molar-refractivity contribution in [1.82, 2.24) is 15.1 Å². The molecule has 0 radical (unpaired) electrons. The van der Waals surface area contributed by atoms with Crippen LogP contribution in [0.25, 0.3) is 0 Å². The van der Waals surface area contributed by atoms with Crippen LogP contribution in [-0.2, 0) is 52.2 Å². The van der Waals surface area contributed by atoms with Gasteiger partial charge in [-0.3, -0.25) is 29.4 Å². The van der Waals surface area contributed by atoms with Gasteiger partial charge in [0.05, 0.1) is 117 Å². The molecule has 1 saturated heterocycles. The van der Waals surface area contributed by atoms with Gasteiger partial charge in [0.2, 0.25) is 11.8 Å². The van der Waals surface area contributed by atoms with E-state index in [4.69, 9.17) is 42.6 Å². The molecule has 5 amide bonds. The van der Waals surface area contributed by atoms with E-state index in [9.17, 15) is 24.0 Å². The van der Waals surface area contributed by atoms with Gasteiger partial charge in [-0.25, -0.2) is 4.79 Å². The second-order valence-corrected chi connectivity index (χ2v) is 13.4. The predicted molar refractivity (Wildman–Crippen MR) is 197 cm³/mol. The molecule has 2 aliphatic heterocycles. The molecule has 1 atom stereocenters. The van der Waals surface area contributed by atoms with Crippen LogP contribution in [0.1, 0.15) is 54.3 Å². The van der Waals surface area contributed by atoms with Gasteiger partial charge in [0, 0.05) is 32.2 Å². The number of carbonyl (C=O) groups excluding carboxylic acids is 5. The zero-order valence-corrected chi connectivity index (χ0v) is 32.6. The lowest BCUT2D eigenvalue weighted by Gasteiger charge is -2.27. The maximum atomic E-state index is 13.2. The fourth-order valence-electron chi connectivity index (χ4n) is 5.19. The summed E-state index contributed by atoms with van der Waals surface area (Å²) in [7, 11) is 1.67. The van der Waals surface area contributed by atoms with Crippen molar-refractivity contribution in [3.05, 3.63) is 29.3 Å². The summed E-state index contributed by atoms with van der Waals surface area (Å²) in [4.78, 5) is 64.2. The van der Waals surface area contributed by atoms with E-state index in [0.29, 0.717) is 124 Å². The summed E-state index contributed by atoms with van der Waals surface area (Å²) in [6.45, 7) is 13.1. The van der Waals surface area contributed by atoms with Crippen molar-refractivity contribution in [2.24, 2.45) is 0 Å². The molecule has 18 nitrogen and oxygen atoms in total. The highest BCUT2D eigenvalue weighted by atomic mass is 16.6. The number of imide groups is 2. The maximum Gasteiger partial charge on any atom is 0.410 e. The van der Waals surface area contributed by atoms with Crippen LogP contribution >= 0.6 is 0 Å². The Balaban J connectivity index is 1.04. The molecule has 0 aromatic heterocycles. The summed E-state index contributed by atoms with van der Waals surface area (Å²) in [5.41, 5.74) is 0.372. The quantitative estimate of drug-likeness (QED) is 0.0875. The Morgan fingerprint density at radius 1 is 0.727 bits per heavy atom. The second kappa shape index (κ2) is 25.4. The standard InChI is InChI=1S/C37H58N4O14/c1-37(2,3)55-36(46)40(4)11-13-48-15-17-50-19-21-52-23-25-54-27-26-53-24-22-51-20-18-49-16-14-47-12-10-38-29-7-5-6-28-32(29)35(45)41(34(28)44)30-8-9-31(42)39-33(30)43/h5-7,30,38H,8-27H2,1-4H3,(H,39,42,43). The summed E-state index contributed by atoms with van der Waals surface area (Å²) in [5.74, 6) is -2.18. The number of piperidine rings is 1. The lowest BCUT2D eigenvalue weighted by molar-refractivity contribution is -0.136. The van der Waals surface area contributed by atoms with E-state index in [0.717, 1.165) is 4.90 Å². The van der Waals surface area contributed by atoms with E-state index in [2.05, 4.69) is 10.6 Å². The molecule has 0 aliphatic carbocycles. The lowest BCUT2D eigenvalue weighted by Crippen LogP contribution is -2.54. The van der Waals surface area contributed by atoms with Crippen LogP contribution in [0.15, 0.2) is 18.2 Å². The third kappa shape index (κ3) is 17.3. The summed E-state index contributed by atoms with van der Waals surface area (Å²) in [5, 5.41) is 5.32. The topological polar surface area (TPSA) is 199 Å². The Hall–Kier alpha value is -3.75. The molecule has 1 unspecified atom stereocenters. The second-order valence-electron chi connectivity index (χ2n) is 13.4. The molecule has 2 heterocycles. The van der Waals surface area contributed by atoms with Crippen molar-refractivity contribution in [3.63, 3.8) is 0 Å². The first kappa shape index (κ1) is 45.6. The van der Waals surface area contributed by atoms with Gasteiger partial charge in [-0.1, -0.05) is 6.07 Å². The average Bonchev–Trinajstić information content (AvgIpc) is 3.39. The zero-order valence-electron chi connectivity index (χ0n) is 32.6. The highest BCUT2D eigenvalue weighted by Gasteiger charge is 2.45. The van der Waals surface area contributed by atoms with E-state index < -0.39 is 35.3 Å². The smallest absolute Gasteiger partial charge is 0.410 e. The van der Waals surface area contributed by atoms with E-state index in [-0.39, 0.29) is 30.1 Å². The number of carbonyl (C=O) groups is 5. The van der Waals surface area contributed by atoms with E-state index in [1.165, 1.54) is 4.90 Å². The summed E-state index contributed by atoms with van der Waals surface area (Å²) in [6, 6.07) is 3.89. The number of ether oxygens (including phenoxy) is 9. The third-order valence-electron chi connectivity index (χ3n) is 7.91. The molecule has 18 heteroatoms. The zero-order chi connectivity index (χ0) is 39.9. The Labute approximate surface area is 322 Å². The Bertz CT molecular complexity index is 1360. The number of benzene rings is 1. The van der Waals surface area contributed by atoms with Gasteiger partial charge in [0.25, 0.3) is 11.8 Å². The van der Waals surface area contributed by atoms with Gasteiger partial charge >= 0.3 is 6.09 Å². The van der Waals surface area contributed by atoms with Gasteiger partial charge in [-0.2, -0.15) is 0 Å². The monoisotopic (exact) mass is 782 g/mol. The van der Waals surface area contributed by atoms with Gasteiger partial charge < -0.3 is 52.8 Å². The fourth-order valence-corrected chi connectivity index (χ4v) is 5.19. The number of amides is 5. The van der Waals surface area contributed by atoms with Gasteiger partial charge in [-0.05, 0) is 39.3 Å². The van der Waals surface area contributed by atoms with Gasteiger partial charge in [-0.15, -0.1) is 0 Å². The number of anilines is 1. The molecule has 1 aromatic carbocycles. The third-order valence-corrected chi connectivity index (χ3v) is 7.91. The van der Waals surface area contributed by atoms with Crippen LogP contribution < -0.4 is 10.6 Å². The first-order valence-corrected chi connectivity index (χ1v) is 18.6. The maximum absolute atomic E-state index is 13.2. The predicted octanol–water partition coefficient (Wildman–Crippen LogP) is 1.50. The molecule has 0 bridgehead atoms. The molecule has 2 aliphatic rings. The van der Waals surface area contributed by atoms with Crippen LogP contribution in [0.5, 0.6) is 0 Å². The normalized spacial score (nSPS) is 15.7. The highest BCUT2D eigenvalue weighted by molar-refractivity contribution is 6.25. The van der Waals surface area contributed by atoms with Crippen LogP contribution in [-0.4, -0.2) is 177 Å². The largest absolute Gasteiger partial charge is 0.444 e. The molecule has 0 spiro atoms. The number of likely N-dealkylation sites (N-methyl/N-ethyl adjacent to an activating group) is 1. The number of hydrogen-bond donors (Lipinski definition) is 2. The van der Waals surface area contributed by atoms with Crippen molar-refractivity contribution in [2.75, 3.05) is 131 Å². The molecule has 55 heavy (non-hydrogen) atoms. The summed E-state index contributed by atoms with van der Waals surface area (Å²) in [6.07, 6.45) is -0.214. The number of hydrogen-bond acceptors (Lipinski definition) is 15. The summed E-state index contributed by atoms with van der Waals surface area (Å²) < 4.78 is 49.3. The number of nitrogens with one attached hydrogen (secondary N) is 2. The molecular weight excluding hydrogens is 724 g/mol. The minimum absolute atomic E-state index is 0.0630. The van der Waals surface area contributed by atoms with E-state index in [1.54, 1.807) is 25.2 Å². The van der Waals surface area contributed by atoms with Crippen molar-refractivity contribution in [1.29, 1.82) is 0 Å². The minimum Gasteiger partial charge on any atom is -0.444 e. The molecule has 310 valence electrons. The van der Waals surface area contributed by atoms with Crippen LogP contribution in [0.4, 0.5) is 10.5 Å². The van der Waals surface area contributed by atoms with Crippen LogP contribution in [0.3, 0.4) is 0 Å². The fraction of sp³-hybridized carbons (Fsp3) is 0.703. The van der Waals surface area contributed by atoms with E-state index >= 15 is 0 Å². The molecule has 2 N–H and O–H groups in total. The minimum atomic E-state index is -1.01. The molecule has 1 aromatic rings. The number of nitrogens with zero attached hydrogens (tertiary/aromatic N) is 2. The van der Waals surface area contributed by atoms with Crippen molar-refractivity contribution in [2.45, 2.75) is 45.3 Å². The van der Waals surface area contributed by atoms with Crippen molar-refractivity contribution >= 4 is 35.4 Å². The molecule has 1 fully saturated rings. The van der Waals surface area contributed by atoms with E-state index in [1.807, 2.05) is 20.8 Å². The Morgan fingerprint density at radius 3 is 1.67 bits per heavy atom. The first-order valence-electron chi connectivity index (χ1n) is 18.6. The number of fused-ring (bicyclic) bond motifs is 1.